The monoisotopic (exact) mass is 391 g/mol. The van der Waals surface area contributed by atoms with Gasteiger partial charge in [-0.1, -0.05) is 24.3 Å². The van der Waals surface area contributed by atoms with Gasteiger partial charge in [-0.25, -0.2) is 9.59 Å². The molecule has 28 heavy (non-hydrogen) atoms. The Morgan fingerprint density at radius 3 is 2.21 bits per heavy atom. The van der Waals surface area contributed by atoms with E-state index in [9.17, 15) is 24.8 Å². The van der Waals surface area contributed by atoms with E-state index in [1.165, 1.54) is 24.3 Å². The van der Waals surface area contributed by atoms with Gasteiger partial charge in [0.1, 0.15) is 22.6 Å². The predicted molar refractivity (Wildman–Crippen MR) is 93.3 cm³/mol. The summed E-state index contributed by atoms with van der Waals surface area (Å²) in [7, 11) is 0. The summed E-state index contributed by atoms with van der Waals surface area (Å²) >= 11 is 0. The van der Waals surface area contributed by atoms with Crippen molar-refractivity contribution in [2.75, 3.05) is 20.0 Å². The molecule has 1 N–H and O–H groups in total. The number of nitrogens with zero attached hydrogens (tertiary/aromatic N) is 1. The molecule has 0 aromatic heterocycles. The maximum absolute atomic E-state index is 12.2. The Balaban J connectivity index is 1.84. The van der Waals surface area contributed by atoms with Crippen LogP contribution >= 0.6 is 0 Å². The van der Waals surface area contributed by atoms with E-state index in [2.05, 4.69) is 4.84 Å². The number of aromatic hydroxyl groups is 1. The van der Waals surface area contributed by atoms with Crippen molar-refractivity contribution in [1.29, 1.82) is 0 Å². The summed E-state index contributed by atoms with van der Waals surface area (Å²) in [6.45, 7) is -0.709. The number of phenolic OH excluding ortho intramolecular Hbond substituents is 1. The van der Waals surface area contributed by atoms with Crippen LogP contribution in [0.4, 0.5) is 0 Å². The van der Waals surface area contributed by atoms with Crippen molar-refractivity contribution < 1.29 is 38.8 Å². The second kappa shape index (κ2) is 10.4. The van der Waals surface area contributed by atoms with Crippen LogP contribution in [0.2, 0.25) is 0 Å². The van der Waals surface area contributed by atoms with E-state index in [4.69, 9.17) is 14.2 Å². The summed E-state index contributed by atoms with van der Waals surface area (Å²) in [4.78, 5) is 38.2. The fourth-order valence-electron chi connectivity index (χ4n) is 2.08. The molecule has 0 radical (unpaired) electrons. The van der Waals surface area contributed by atoms with Crippen LogP contribution < -0.4 is 4.74 Å². The van der Waals surface area contributed by atoms with Crippen LogP contribution in [0.1, 0.15) is 27.1 Å². The Morgan fingerprint density at radius 1 is 0.929 bits per heavy atom. The molecule has 0 aliphatic heterocycles. The van der Waals surface area contributed by atoms with E-state index in [-0.39, 0.29) is 42.3 Å². The van der Waals surface area contributed by atoms with Gasteiger partial charge in [-0.2, -0.15) is 0 Å². The van der Waals surface area contributed by atoms with Crippen LogP contribution in [-0.2, 0) is 14.3 Å². The molecule has 0 aliphatic rings. The van der Waals surface area contributed by atoms with Gasteiger partial charge in [0.15, 0.2) is 0 Å². The van der Waals surface area contributed by atoms with Crippen molar-refractivity contribution >= 4 is 11.9 Å². The van der Waals surface area contributed by atoms with E-state index in [1.807, 2.05) is 0 Å². The normalized spacial score (nSPS) is 10.0. The van der Waals surface area contributed by atoms with Gasteiger partial charge in [-0.3, -0.25) is 0 Å². The zero-order valence-electron chi connectivity index (χ0n) is 14.6. The van der Waals surface area contributed by atoms with Crippen LogP contribution in [0.25, 0.3) is 0 Å². The van der Waals surface area contributed by atoms with Crippen LogP contribution in [0, 0.1) is 10.1 Å². The molecule has 0 bridgehead atoms. The van der Waals surface area contributed by atoms with Crippen molar-refractivity contribution in [2.24, 2.45) is 0 Å². The third-order valence-electron chi connectivity index (χ3n) is 3.35. The predicted octanol–water partition coefficient (Wildman–Crippen LogP) is 2.34. The molecule has 0 amide bonds. The van der Waals surface area contributed by atoms with E-state index in [0.717, 1.165) is 0 Å². The fourth-order valence-corrected chi connectivity index (χ4v) is 2.08. The summed E-state index contributed by atoms with van der Waals surface area (Å²) in [5.41, 5.74) is 0.0375. The number of esters is 2. The fraction of sp³-hybridized carbons (Fsp3) is 0.222. The minimum atomic E-state index is -0.901. The Hall–Kier alpha value is -3.82. The smallest absolute Gasteiger partial charge is 0.344 e. The highest BCUT2D eigenvalue weighted by atomic mass is 16.9. The highest BCUT2D eigenvalue weighted by molar-refractivity contribution is 5.93. The van der Waals surface area contributed by atoms with Crippen molar-refractivity contribution in [1.82, 2.24) is 0 Å². The van der Waals surface area contributed by atoms with Gasteiger partial charge in [0.05, 0.1) is 13.2 Å². The number of carbonyl (C=O) groups excluding carboxylic acids is 2. The number of hydrogen-bond donors (Lipinski definition) is 1. The Labute approximate surface area is 159 Å². The summed E-state index contributed by atoms with van der Waals surface area (Å²) in [6, 6.07) is 12.0. The number of ether oxygens (including phenoxy) is 3. The van der Waals surface area contributed by atoms with Crippen molar-refractivity contribution in [3.8, 4) is 11.5 Å². The molecule has 2 rings (SSSR count). The van der Waals surface area contributed by atoms with Gasteiger partial charge < -0.3 is 24.2 Å². The standard InChI is InChI=1S/C18H17NO9/c20-15-8-3-1-6-13(15)17(21)26-12-27-18(22)14-7-2-4-9-16(14)25-10-5-11-28-19(23)24/h1-4,6-9,20H,5,10-12H2. The zero-order valence-corrected chi connectivity index (χ0v) is 14.6. The lowest BCUT2D eigenvalue weighted by atomic mass is 10.2. The van der Waals surface area contributed by atoms with E-state index < -0.39 is 23.8 Å². The summed E-state index contributed by atoms with van der Waals surface area (Å²) < 4.78 is 15.1. The highest BCUT2D eigenvalue weighted by Crippen LogP contribution is 2.20. The molecule has 10 nitrogen and oxygen atoms in total. The molecule has 148 valence electrons. The molecule has 0 atom stereocenters. The largest absolute Gasteiger partial charge is 0.507 e. The van der Waals surface area contributed by atoms with Gasteiger partial charge in [-0.15, -0.1) is 10.1 Å². The van der Waals surface area contributed by atoms with Crippen LogP contribution in [0.5, 0.6) is 11.5 Å². The summed E-state index contributed by atoms with van der Waals surface area (Å²) in [6.07, 6.45) is 0.239. The molecule has 10 heteroatoms. The second-order valence-corrected chi connectivity index (χ2v) is 5.25. The first-order valence-corrected chi connectivity index (χ1v) is 8.10. The quantitative estimate of drug-likeness (QED) is 0.213. The molecule has 0 saturated heterocycles. The molecule has 0 saturated carbocycles. The maximum Gasteiger partial charge on any atom is 0.344 e. The van der Waals surface area contributed by atoms with Crippen molar-refractivity contribution in [2.45, 2.75) is 6.42 Å². The van der Waals surface area contributed by atoms with Crippen LogP contribution in [0.15, 0.2) is 48.5 Å². The Bertz CT molecular complexity index is 837. The van der Waals surface area contributed by atoms with Gasteiger partial charge in [0, 0.05) is 6.42 Å². The molecule has 2 aromatic rings. The average Bonchev–Trinajstić information content (AvgIpc) is 2.68. The number of benzene rings is 2. The summed E-state index contributed by atoms with van der Waals surface area (Å²) in [5, 5.41) is 18.7. The maximum atomic E-state index is 12.2. The zero-order chi connectivity index (χ0) is 20.4. The molecule has 2 aromatic carbocycles. The minimum absolute atomic E-state index is 0.0563. The molecule has 0 unspecified atom stereocenters. The third-order valence-corrected chi connectivity index (χ3v) is 3.35. The number of para-hydroxylation sites is 2. The van der Waals surface area contributed by atoms with E-state index in [0.29, 0.717) is 0 Å². The Morgan fingerprint density at radius 2 is 1.54 bits per heavy atom. The molecule has 0 heterocycles. The number of rotatable bonds is 10. The first kappa shape index (κ1) is 20.5. The first-order chi connectivity index (χ1) is 13.5. The number of hydrogen-bond acceptors (Lipinski definition) is 9. The molecular weight excluding hydrogens is 374 g/mol. The van der Waals surface area contributed by atoms with Gasteiger partial charge >= 0.3 is 11.9 Å². The molecular formula is C18H17NO9. The van der Waals surface area contributed by atoms with E-state index >= 15 is 0 Å². The van der Waals surface area contributed by atoms with Crippen molar-refractivity contribution in [3.05, 3.63) is 69.8 Å². The lowest BCUT2D eigenvalue weighted by molar-refractivity contribution is -0.757. The second-order valence-electron chi connectivity index (χ2n) is 5.25. The third kappa shape index (κ3) is 6.16. The van der Waals surface area contributed by atoms with Gasteiger partial charge in [0.25, 0.3) is 5.09 Å². The van der Waals surface area contributed by atoms with E-state index in [1.54, 1.807) is 24.3 Å². The highest BCUT2D eigenvalue weighted by Gasteiger charge is 2.16. The van der Waals surface area contributed by atoms with Gasteiger partial charge in [0.2, 0.25) is 6.79 Å². The van der Waals surface area contributed by atoms with Crippen molar-refractivity contribution in [3.63, 3.8) is 0 Å². The lowest BCUT2D eigenvalue weighted by Gasteiger charge is -2.11. The molecule has 0 aliphatic carbocycles. The van der Waals surface area contributed by atoms with Crippen LogP contribution in [-0.4, -0.2) is 42.1 Å². The topological polar surface area (TPSA) is 134 Å². The number of carbonyl (C=O) groups is 2. The summed E-state index contributed by atoms with van der Waals surface area (Å²) in [5.74, 6) is -1.68. The molecule has 0 fully saturated rings. The molecule has 0 spiro atoms. The SMILES string of the molecule is O=C(OCOC(=O)c1ccccc1OCCCO[N+](=O)[O-])c1ccccc1O. The van der Waals surface area contributed by atoms with Gasteiger partial charge in [-0.05, 0) is 24.3 Å². The minimum Gasteiger partial charge on any atom is -0.507 e. The first-order valence-electron chi connectivity index (χ1n) is 8.10. The lowest BCUT2D eigenvalue weighted by Crippen LogP contribution is -2.14. The van der Waals surface area contributed by atoms with Crippen LogP contribution in [0.3, 0.4) is 0 Å². The average molecular weight is 391 g/mol. The number of phenols is 1. The Kier molecular flexibility index (Phi) is 7.58.